The van der Waals surface area contributed by atoms with Gasteiger partial charge in [0.1, 0.15) is 0 Å². The summed E-state index contributed by atoms with van der Waals surface area (Å²) in [5, 5.41) is 5.65. The number of hydrogen-bond donors (Lipinski definition) is 2. The fraction of sp³-hybridized carbons (Fsp3) is 0.300. The molecule has 2 amide bonds. The first-order chi connectivity index (χ1) is 11.3. The normalized spacial score (nSPS) is 10.3. The van der Waals surface area contributed by atoms with Crippen molar-refractivity contribution in [1.82, 2.24) is 0 Å². The van der Waals surface area contributed by atoms with Gasteiger partial charge in [0.05, 0.1) is 0 Å². The van der Waals surface area contributed by atoms with Gasteiger partial charge in [-0.15, -0.1) is 0 Å². The number of rotatable bonds is 5. The largest absolute Gasteiger partial charge is 0.326 e. The summed E-state index contributed by atoms with van der Waals surface area (Å²) in [7, 11) is 0. The van der Waals surface area contributed by atoms with Crippen LogP contribution in [-0.4, -0.2) is 11.8 Å². The third-order valence-electron chi connectivity index (χ3n) is 4.16. The zero-order valence-corrected chi connectivity index (χ0v) is 14.7. The zero-order chi connectivity index (χ0) is 17.7. The van der Waals surface area contributed by atoms with Crippen molar-refractivity contribution in [3.8, 4) is 0 Å². The molecule has 0 aromatic heterocycles. The highest BCUT2D eigenvalue weighted by atomic mass is 16.2. The van der Waals surface area contributed by atoms with E-state index in [0.29, 0.717) is 0 Å². The van der Waals surface area contributed by atoms with Gasteiger partial charge in [-0.3, -0.25) is 9.59 Å². The van der Waals surface area contributed by atoms with Gasteiger partial charge in [0.25, 0.3) is 0 Å². The van der Waals surface area contributed by atoms with Gasteiger partial charge in [-0.25, -0.2) is 0 Å². The molecule has 0 fully saturated rings. The standard InChI is InChI=1S/C20H24N2O2/c1-13-5-7-17(11-15(13)3)21-19(23)9-10-20(24)22-18-8-6-14(2)16(4)12-18/h5-8,11-12H,9-10H2,1-4H3,(H,21,23)(H,22,24). The Morgan fingerprint density at radius 2 is 1.04 bits per heavy atom. The molecule has 24 heavy (non-hydrogen) atoms. The summed E-state index contributed by atoms with van der Waals surface area (Å²) in [4.78, 5) is 23.9. The Hall–Kier alpha value is -2.62. The van der Waals surface area contributed by atoms with Crippen LogP contribution in [0.2, 0.25) is 0 Å². The smallest absolute Gasteiger partial charge is 0.224 e. The van der Waals surface area contributed by atoms with Crippen LogP contribution in [0.25, 0.3) is 0 Å². The van der Waals surface area contributed by atoms with Crippen molar-refractivity contribution in [2.45, 2.75) is 40.5 Å². The van der Waals surface area contributed by atoms with Crippen molar-refractivity contribution in [2.75, 3.05) is 10.6 Å². The molecule has 0 atom stereocenters. The maximum absolute atomic E-state index is 12.0. The molecule has 0 aliphatic rings. The first kappa shape index (κ1) is 17.7. The van der Waals surface area contributed by atoms with E-state index in [9.17, 15) is 9.59 Å². The van der Waals surface area contributed by atoms with Crippen molar-refractivity contribution in [1.29, 1.82) is 0 Å². The maximum atomic E-state index is 12.0. The van der Waals surface area contributed by atoms with Crippen LogP contribution in [0.5, 0.6) is 0 Å². The lowest BCUT2D eigenvalue weighted by atomic mass is 10.1. The van der Waals surface area contributed by atoms with Crippen LogP contribution >= 0.6 is 0 Å². The molecule has 0 spiro atoms. The molecule has 126 valence electrons. The van der Waals surface area contributed by atoms with Gasteiger partial charge >= 0.3 is 0 Å². The number of benzene rings is 2. The topological polar surface area (TPSA) is 58.2 Å². The molecule has 2 aromatic rings. The highest BCUT2D eigenvalue weighted by Crippen LogP contribution is 2.16. The molecule has 2 N–H and O–H groups in total. The molecular formula is C20H24N2O2. The van der Waals surface area contributed by atoms with E-state index in [4.69, 9.17) is 0 Å². The number of aryl methyl sites for hydroxylation is 4. The van der Waals surface area contributed by atoms with E-state index >= 15 is 0 Å². The summed E-state index contributed by atoms with van der Waals surface area (Å²) in [6.45, 7) is 8.06. The summed E-state index contributed by atoms with van der Waals surface area (Å²) in [6.07, 6.45) is 0.313. The number of nitrogens with one attached hydrogen (secondary N) is 2. The molecule has 0 unspecified atom stereocenters. The lowest BCUT2D eigenvalue weighted by Crippen LogP contribution is -2.17. The number of anilines is 2. The van der Waals surface area contributed by atoms with Gasteiger partial charge in [-0.1, -0.05) is 12.1 Å². The summed E-state index contributed by atoms with van der Waals surface area (Å²) in [6, 6.07) is 11.5. The second-order valence-corrected chi connectivity index (χ2v) is 6.19. The van der Waals surface area contributed by atoms with Gasteiger partial charge in [0.15, 0.2) is 0 Å². The van der Waals surface area contributed by atoms with E-state index in [0.717, 1.165) is 22.5 Å². The van der Waals surface area contributed by atoms with Gasteiger partial charge in [-0.05, 0) is 74.2 Å². The molecule has 0 saturated heterocycles. The third-order valence-corrected chi connectivity index (χ3v) is 4.16. The third kappa shape index (κ3) is 4.95. The van der Waals surface area contributed by atoms with Crippen molar-refractivity contribution >= 4 is 23.2 Å². The van der Waals surface area contributed by atoms with E-state index < -0.39 is 0 Å². The lowest BCUT2D eigenvalue weighted by molar-refractivity contribution is -0.121. The van der Waals surface area contributed by atoms with Crippen molar-refractivity contribution in [3.63, 3.8) is 0 Å². The Morgan fingerprint density at radius 3 is 1.38 bits per heavy atom. The van der Waals surface area contributed by atoms with Crippen LogP contribution in [0.1, 0.15) is 35.1 Å². The number of carbonyl (C=O) groups is 2. The zero-order valence-electron chi connectivity index (χ0n) is 14.7. The first-order valence-electron chi connectivity index (χ1n) is 8.09. The predicted octanol–water partition coefficient (Wildman–Crippen LogP) is 4.28. The average molecular weight is 324 g/mol. The van der Waals surface area contributed by atoms with E-state index in [1.54, 1.807) is 0 Å². The van der Waals surface area contributed by atoms with E-state index in [-0.39, 0.29) is 24.7 Å². The van der Waals surface area contributed by atoms with Gasteiger partial charge in [-0.2, -0.15) is 0 Å². The second kappa shape index (κ2) is 7.77. The van der Waals surface area contributed by atoms with Crippen LogP contribution in [0.4, 0.5) is 11.4 Å². The summed E-state index contributed by atoms with van der Waals surface area (Å²) >= 11 is 0. The highest BCUT2D eigenvalue weighted by molar-refractivity contribution is 5.96. The van der Waals surface area contributed by atoms with Crippen LogP contribution in [-0.2, 0) is 9.59 Å². The maximum Gasteiger partial charge on any atom is 0.224 e. The van der Waals surface area contributed by atoms with Crippen molar-refractivity contribution in [3.05, 3.63) is 58.7 Å². The van der Waals surface area contributed by atoms with E-state index in [1.807, 2.05) is 64.1 Å². The van der Waals surface area contributed by atoms with Crippen molar-refractivity contribution < 1.29 is 9.59 Å². The number of amides is 2. The van der Waals surface area contributed by atoms with Gasteiger partial charge in [0, 0.05) is 24.2 Å². The van der Waals surface area contributed by atoms with Crippen LogP contribution in [0.3, 0.4) is 0 Å². The summed E-state index contributed by atoms with van der Waals surface area (Å²) < 4.78 is 0. The Kier molecular flexibility index (Phi) is 5.74. The van der Waals surface area contributed by atoms with E-state index in [1.165, 1.54) is 11.1 Å². The Morgan fingerprint density at radius 1 is 0.667 bits per heavy atom. The first-order valence-corrected chi connectivity index (χ1v) is 8.09. The summed E-state index contributed by atoms with van der Waals surface area (Å²) in [5.74, 6) is -0.318. The fourth-order valence-electron chi connectivity index (χ4n) is 2.31. The minimum atomic E-state index is -0.159. The Balaban J connectivity index is 1.83. The Bertz CT molecular complexity index is 701. The van der Waals surface area contributed by atoms with Gasteiger partial charge < -0.3 is 10.6 Å². The predicted molar refractivity (Wildman–Crippen MR) is 98.3 cm³/mol. The quantitative estimate of drug-likeness (QED) is 0.862. The summed E-state index contributed by atoms with van der Waals surface area (Å²) in [5.41, 5.74) is 6.14. The van der Waals surface area contributed by atoms with Crippen molar-refractivity contribution in [2.24, 2.45) is 0 Å². The Labute approximate surface area is 143 Å². The number of hydrogen-bond acceptors (Lipinski definition) is 2. The minimum absolute atomic E-state index is 0.156. The van der Waals surface area contributed by atoms with Crippen LogP contribution in [0, 0.1) is 27.7 Å². The molecule has 2 rings (SSSR count). The van der Waals surface area contributed by atoms with E-state index in [2.05, 4.69) is 10.6 Å². The monoisotopic (exact) mass is 324 g/mol. The van der Waals surface area contributed by atoms with Crippen LogP contribution in [0.15, 0.2) is 36.4 Å². The second-order valence-electron chi connectivity index (χ2n) is 6.19. The molecule has 4 nitrogen and oxygen atoms in total. The highest BCUT2D eigenvalue weighted by Gasteiger charge is 2.08. The molecule has 0 aliphatic carbocycles. The molecular weight excluding hydrogens is 300 g/mol. The minimum Gasteiger partial charge on any atom is -0.326 e. The molecule has 0 heterocycles. The lowest BCUT2D eigenvalue weighted by Gasteiger charge is -2.09. The molecule has 4 heteroatoms. The molecule has 0 bridgehead atoms. The molecule has 2 aromatic carbocycles. The molecule has 0 aliphatic heterocycles. The average Bonchev–Trinajstić information content (AvgIpc) is 2.53. The molecule has 0 saturated carbocycles. The van der Waals surface area contributed by atoms with Gasteiger partial charge in [0.2, 0.25) is 11.8 Å². The molecule has 0 radical (unpaired) electrons. The number of carbonyl (C=O) groups excluding carboxylic acids is 2. The van der Waals surface area contributed by atoms with Crippen LogP contribution < -0.4 is 10.6 Å². The fourth-order valence-corrected chi connectivity index (χ4v) is 2.31. The SMILES string of the molecule is Cc1ccc(NC(=O)CCC(=O)Nc2ccc(C)c(C)c2)cc1C.